The van der Waals surface area contributed by atoms with Gasteiger partial charge in [-0.15, -0.1) is 0 Å². The van der Waals surface area contributed by atoms with Crippen molar-refractivity contribution in [2.24, 2.45) is 0 Å². The van der Waals surface area contributed by atoms with Gasteiger partial charge in [-0.05, 0) is 35.9 Å². The lowest BCUT2D eigenvalue weighted by Gasteiger charge is -2.05. The third-order valence-corrected chi connectivity index (χ3v) is 4.05. The summed E-state index contributed by atoms with van der Waals surface area (Å²) in [4.78, 5) is 16.3. The number of rotatable bonds is 3. The molecule has 2 aromatic carbocycles. The largest absolute Gasteiger partial charge is 0.375 e. The van der Waals surface area contributed by atoms with Gasteiger partial charge in [0.15, 0.2) is 5.13 Å². The van der Waals surface area contributed by atoms with Crippen LogP contribution in [0.1, 0.15) is 21.5 Å². The van der Waals surface area contributed by atoms with Crippen molar-refractivity contribution >= 4 is 32.6 Å². The van der Waals surface area contributed by atoms with E-state index in [0.29, 0.717) is 22.8 Å². The summed E-state index contributed by atoms with van der Waals surface area (Å²) in [7, 11) is 0. The number of nitrogens with two attached hydrogens (primary N) is 1. The summed E-state index contributed by atoms with van der Waals surface area (Å²) in [6, 6.07) is 14.5. The maximum absolute atomic E-state index is 12.2. The van der Waals surface area contributed by atoms with Gasteiger partial charge in [0.1, 0.15) is 0 Å². The molecule has 0 radical (unpaired) electrons. The third-order valence-electron chi connectivity index (χ3n) is 3.20. The van der Waals surface area contributed by atoms with Gasteiger partial charge in [-0.3, -0.25) is 4.79 Å². The van der Waals surface area contributed by atoms with Crippen LogP contribution in [0.2, 0.25) is 0 Å². The maximum atomic E-state index is 12.2. The molecule has 108 valence electrons. The number of nitrogen functional groups attached to an aromatic ring is 1. The van der Waals surface area contributed by atoms with Crippen LogP contribution in [0, 0.1) is 11.3 Å². The molecule has 0 aliphatic rings. The zero-order valence-electron chi connectivity index (χ0n) is 11.5. The number of benzene rings is 2. The molecule has 1 aromatic heterocycles. The Hall–Kier alpha value is -2.91. The van der Waals surface area contributed by atoms with Crippen molar-refractivity contribution in [3.63, 3.8) is 0 Å². The number of nitrogens with zero attached hydrogens (tertiary/aromatic N) is 2. The molecule has 22 heavy (non-hydrogen) atoms. The molecule has 1 heterocycles. The first kappa shape index (κ1) is 14.0. The molecular formula is C16H12N4OS. The summed E-state index contributed by atoms with van der Waals surface area (Å²) < 4.78 is 0.892. The molecule has 0 fully saturated rings. The van der Waals surface area contributed by atoms with E-state index in [1.165, 1.54) is 11.3 Å². The van der Waals surface area contributed by atoms with Gasteiger partial charge in [0, 0.05) is 12.1 Å². The number of amides is 1. The second-order valence-corrected chi connectivity index (χ2v) is 5.79. The molecule has 0 aliphatic heterocycles. The molecule has 0 saturated heterocycles. The molecule has 5 nitrogen and oxygen atoms in total. The molecule has 0 unspecified atom stereocenters. The zero-order chi connectivity index (χ0) is 15.5. The van der Waals surface area contributed by atoms with Crippen LogP contribution in [-0.4, -0.2) is 10.9 Å². The van der Waals surface area contributed by atoms with E-state index in [1.807, 2.05) is 12.1 Å². The van der Waals surface area contributed by atoms with Crippen LogP contribution in [0.3, 0.4) is 0 Å². The van der Waals surface area contributed by atoms with E-state index in [1.54, 1.807) is 30.3 Å². The Morgan fingerprint density at radius 3 is 2.77 bits per heavy atom. The van der Waals surface area contributed by atoms with Crippen molar-refractivity contribution in [3.05, 3.63) is 59.2 Å². The van der Waals surface area contributed by atoms with Crippen LogP contribution < -0.4 is 11.1 Å². The lowest BCUT2D eigenvalue weighted by atomic mass is 10.1. The van der Waals surface area contributed by atoms with Gasteiger partial charge in [0.05, 0.1) is 21.8 Å². The van der Waals surface area contributed by atoms with Crippen LogP contribution >= 0.6 is 11.3 Å². The van der Waals surface area contributed by atoms with Gasteiger partial charge in [-0.1, -0.05) is 23.5 Å². The highest BCUT2D eigenvalue weighted by molar-refractivity contribution is 7.22. The Kier molecular flexibility index (Phi) is 3.73. The SMILES string of the molecule is N#Cc1ccc(CNC(=O)c2ccc3nc(N)sc3c2)cc1. The summed E-state index contributed by atoms with van der Waals surface area (Å²) in [5, 5.41) is 12.1. The van der Waals surface area contributed by atoms with Crippen molar-refractivity contribution in [2.75, 3.05) is 5.73 Å². The number of carbonyl (C=O) groups is 1. The number of thiazole rings is 1. The average molecular weight is 308 g/mol. The highest BCUT2D eigenvalue weighted by Gasteiger charge is 2.08. The maximum Gasteiger partial charge on any atom is 0.251 e. The van der Waals surface area contributed by atoms with E-state index in [2.05, 4.69) is 16.4 Å². The Morgan fingerprint density at radius 1 is 1.27 bits per heavy atom. The highest BCUT2D eigenvalue weighted by Crippen LogP contribution is 2.24. The summed E-state index contributed by atoms with van der Waals surface area (Å²) in [6.07, 6.45) is 0. The summed E-state index contributed by atoms with van der Waals surface area (Å²) in [5.41, 5.74) is 8.57. The Labute approximate surface area is 131 Å². The second-order valence-electron chi connectivity index (χ2n) is 4.73. The minimum atomic E-state index is -0.154. The molecule has 1 amide bonds. The number of hydrogen-bond acceptors (Lipinski definition) is 5. The number of fused-ring (bicyclic) bond motifs is 1. The predicted molar refractivity (Wildman–Crippen MR) is 86.4 cm³/mol. The number of hydrogen-bond donors (Lipinski definition) is 2. The molecular weight excluding hydrogens is 296 g/mol. The molecule has 0 atom stereocenters. The molecule has 0 aliphatic carbocycles. The molecule has 6 heteroatoms. The highest BCUT2D eigenvalue weighted by atomic mass is 32.1. The van der Waals surface area contributed by atoms with E-state index in [0.717, 1.165) is 15.8 Å². The van der Waals surface area contributed by atoms with Crippen LogP contribution in [0.15, 0.2) is 42.5 Å². The minimum Gasteiger partial charge on any atom is -0.375 e. The number of nitriles is 1. The zero-order valence-corrected chi connectivity index (χ0v) is 12.4. The molecule has 0 bridgehead atoms. The van der Waals surface area contributed by atoms with Gasteiger partial charge in [-0.25, -0.2) is 4.98 Å². The van der Waals surface area contributed by atoms with Gasteiger partial charge >= 0.3 is 0 Å². The fourth-order valence-corrected chi connectivity index (χ4v) is 2.84. The predicted octanol–water partition coefficient (Wildman–Crippen LogP) is 2.68. The van der Waals surface area contributed by atoms with Crippen molar-refractivity contribution < 1.29 is 4.79 Å². The lowest BCUT2D eigenvalue weighted by Crippen LogP contribution is -2.22. The van der Waals surface area contributed by atoms with Gasteiger partial charge in [0.2, 0.25) is 0 Å². The van der Waals surface area contributed by atoms with Crippen LogP contribution in [0.4, 0.5) is 5.13 Å². The summed E-state index contributed by atoms with van der Waals surface area (Å²) in [6.45, 7) is 0.410. The smallest absolute Gasteiger partial charge is 0.251 e. The molecule has 3 N–H and O–H groups in total. The van der Waals surface area contributed by atoms with Crippen molar-refractivity contribution in [2.45, 2.75) is 6.54 Å². The molecule has 0 spiro atoms. The lowest BCUT2D eigenvalue weighted by molar-refractivity contribution is 0.0951. The molecule has 3 rings (SSSR count). The first-order valence-corrected chi connectivity index (χ1v) is 7.40. The summed E-state index contributed by atoms with van der Waals surface area (Å²) in [5.74, 6) is -0.154. The van der Waals surface area contributed by atoms with Crippen molar-refractivity contribution in [1.29, 1.82) is 5.26 Å². The van der Waals surface area contributed by atoms with Crippen LogP contribution in [0.5, 0.6) is 0 Å². The Bertz CT molecular complexity index is 877. The first-order valence-electron chi connectivity index (χ1n) is 6.59. The van der Waals surface area contributed by atoms with Gasteiger partial charge in [-0.2, -0.15) is 5.26 Å². The fourth-order valence-electron chi connectivity index (χ4n) is 2.07. The molecule has 3 aromatic rings. The van der Waals surface area contributed by atoms with E-state index in [9.17, 15) is 4.79 Å². The van der Waals surface area contributed by atoms with E-state index in [-0.39, 0.29) is 5.91 Å². The topological polar surface area (TPSA) is 91.8 Å². The second kappa shape index (κ2) is 5.84. The quantitative estimate of drug-likeness (QED) is 0.778. The Balaban J connectivity index is 1.71. The van der Waals surface area contributed by atoms with Gasteiger partial charge in [0.25, 0.3) is 5.91 Å². The van der Waals surface area contributed by atoms with Crippen molar-refractivity contribution in [3.8, 4) is 6.07 Å². The molecule has 0 saturated carbocycles. The number of carbonyl (C=O) groups excluding carboxylic acids is 1. The third kappa shape index (κ3) is 2.90. The first-order chi connectivity index (χ1) is 10.7. The summed E-state index contributed by atoms with van der Waals surface area (Å²) >= 11 is 1.36. The van der Waals surface area contributed by atoms with E-state index >= 15 is 0 Å². The van der Waals surface area contributed by atoms with Crippen LogP contribution in [-0.2, 0) is 6.54 Å². The van der Waals surface area contributed by atoms with E-state index < -0.39 is 0 Å². The van der Waals surface area contributed by atoms with E-state index in [4.69, 9.17) is 11.0 Å². The Morgan fingerprint density at radius 2 is 2.05 bits per heavy atom. The normalized spacial score (nSPS) is 10.3. The monoisotopic (exact) mass is 308 g/mol. The van der Waals surface area contributed by atoms with Crippen molar-refractivity contribution in [1.82, 2.24) is 10.3 Å². The van der Waals surface area contributed by atoms with Gasteiger partial charge < -0.3 is 11.1 Å². The minimum absolute atomic E-state index is 0.154. The number of aromatic nitrogens is 1. The number of nitrogens with one attached hydrogen (secondary N) is 1. The standard InChI is InChI=1S/C16H12N4OS/c17-8-10-1-3-11(4-2-10)9-19-15(21)12-5-6-13-14(7-12)22-16(18)20-13/h1-7H,9H2,(H2,18,20)(H,19,21). The van der Waals surface area contributed by atoms with Crippen LogP contribution in [0.25, 0.3) is 10.2 Å². The fraction of sp³-hybridized carbons (Fsp3) is 0.0625. The number of anilines is 1. The average Bonchev–Trinajstić information content (AvgIpc) is 2.92.